The lowest BCUT2D eigenvalue weighted by atomic mass is 10.0. The van der Waals surface area contributed by atoms with E-state index < -0.39 is 0 Å². The Morgan fingerprint density at radius 3 is 2.80 bits per heavy atom. The molecular formula is C13H16N2O5. The number of non-ortho nitro benzene ring substituents is 1. The Morgan fingerprint density at radius 1 is 1.25 bits per heavy atom. The van der Waals surface area contributed by atoms with Gasteiger partial charge in [-0.25, -0.2) is 0 Å². The smallest absolute Gasteiger partial charge is 0.273 e. The lowest BCUT2D eigenvalue weighted by Crippen LogP contribution is -2.36. The van der Waals surface area contributed by atoms with Crippen molar-refractivity contribution in [3.05, 3.63) is 33.4 Å². The Hall–Kier alpha value is -1.70. The molecule has 0 atom stereocenters. The lowest BCUT2D eigenvalue weighted by Gasteiger charge is -2.28. The van der Waals surface area contributed by atoms with Crippen LogP contribution in [0.1, 0.15) is 11.1 Å². The van der Waals surface area contributed by atoms with Gasteiger partial charge >= 0.3 is 0 Å². The minimum Gasteiger partial charge on any atom is -0.467 e. The van der Waals surface area contributed by atoms with Crippen LogP contribution in [-0.2, 0) is 22.6 Å². The molecule has 7 heteroatoms. The molecular weight excluding hydrogens is 264 g/mol. The van der Waals surface area contributed by atoms with Crippen LogP contribution in [0, 0.1) is 10.1 Å². The highest BCUT2D eigenvalue weighted by Crippen LogP contribution is 2.32. The van der Waals surface area contributed by atoms with Gasteiger partial charge < -0.3 is 14.2 Å². The molecule has 0 amide bonds. The molecule has 1 aromatic rings. The number of nitrogens with zero attached hydrogens (tertiary/aromatic N) is 2. The van der Waals surface area contributed by atoms with Crippen molar-refractivity contribution in [3.63, 3.8) is 0 Å². The quantitative estimate of drug-likeness (QED) is 0.613. The number of nitro groups is 1. The van der Waals surface area contributed by atoms with E-state index in [-0.39, 0.29) is 17.4 Å². The molecule has 0 aromatic heterocycles. The van der Waals surface area contributed by atoms with Gasteiger partial charge in [0.05, 0.1) is 30.8 Å². The molecule has 0 unspecified atom stereocenters. The number of fused-ring (bicyclic) bond motifs is 1. The zero-order valence-corrected chi connectivity index (χ0v) is 11.0. The van der Waals surface area contributed by atoms with E-state index in [1.165, 1.54) is 6.07 Å². The van der Waals surface area contributed by atoms with Gasteiger partial charge in [-0.2, -0.15) is 0 Å². The first-order valence-corrected chi connectivity index (χ1v) is 6.55. The topological polar surface area (TPSA) is 74.1 Å². The maximum Gasteiger partial charge on any atom is 0.273 e. The first kappa shape index (κ1) is 13.3. The molecule has 0 saturated carbocycles. The van der Waals surface area contributed by atoms with Crippen LogP contribution in [0.25, 0.3) is 0 Å². The fraction of sp³-hybridized carbons (Fsp3) is 0.538. The summed E-state index contributed by atoms with van der Waals surface area (Å²) in [7, 11) is 0. The molecule has 0 N–H and O–H groups in total. The Morgan fingerprint density at radius 2 is 2.05 bits per heavy atom. The number of hydrogen-bond donors (Lipinski definition) is 0. The van der Waals surface area contributed by atoms with Gasteiger partial charge in [-0.05, 0) is 5.56 Å². The fourth-order valence-corrected chi connectivity index (χ4v) is 2.48. The minimum absolute atomic E-state index is 0.0638. The standard InChI is InChI=1S/C13H16N2O5/c16-15(17)11-5-10(7-14-1-3-18-4-2-14)12-8-19-9-20-13(12)6-11/h5-6H,1-4,7-9H2. The predicted molar refractivity (Wildman–Crippen MR) is 69.5 cm³/mol. The van der Waals surface area contributed by atoms with Gasteiger partial charge in [0, 0.05) is 31.3 Å². The molecule has 20 heavy (non-hydrogen) atoms. The second kappa shape index (κ2) is 5.74. The van der Waals surface area contributed by atoms with Crippen LogP contribution in [0.4, 0.5) is 5.69 Å². The maximum atomic E-state index is 11.0. The zero-order valence-electron chi connectivity index (χ0n) is 11.0. The summed E-state index contributed by atoms with van der Waals surface area (Å²) in [4.78, 5) is 12.8. The molecule has 2 aliphatic rings. The largest absolute Gasteiger partial charge is 0.467 e. The van der Waals surface area contributed by atoms with Crippen LogP contribution in [0.15, 0.2) is 12.1 Å². The molecule has 1 fully saturated rings. The van der Waals surface area contributed by atoms with Crippen molar-refractivity contribution in [1.82, 2.24) is 4.90 Å². The van der Waals surface area contributed by atoms with Gasteiger partial charge in [0.1, 0.15) is 5.75 Å². The van der Waals surface area contributed by atoms with E-state index in [2.05, 4.69) is 4.90 Å². The number of morpholine rings is 1. The molecule has 108 valence electrons. The van der Waals surface area contributed by atoms with Crippen molar-refractivity contribution in [2.24, 2.45) is 0 Å². The summed E-state index contributed by atoms with van der Waals surface area (Å²) >= 11 is 0. The second-order valence-electron chi connectivity index (χ2n) is 4.84. The average Bonchev–Trinajstić information content (AvgIpc) is 2.48. The van der Waals surface area contributed by atoms with Gasteiger partial charge in [0.25, 0.3) is 5.69 Å². The summed E-state index contributed by atoms with van der Waals surface area (Å²) < 4.78 is 16.0. The highest BCUT2D eigenvalue weighted by atomic mass is 16.7. The first-order chi connectivity index (χ1) is 9.74. The van der Waals surface area contributed by atoms with Crippen LogP contribution in [0.3, 0.4) is 0 Å². The van der Waals surface area contributed by atoms with Crippen LogP contribution in [-0.4, -0.2) is 42.9 Å². The van der Waals surface area contributed by atoms with E-state index in [0.29, 0.717) is 32.1 Å². The van der Waals surface area contributed by atoms with E-state index in [4.69, 9.17) is 14.2 Å². The van der Waals surface area contributed by atoms with Crippen molar-refractivity contribution in [2.45, 2.75) is 13.2 Å². The van der Waals surface area contributed by atoms with Gasteiger partial charge in [-0.15, -0.1) is 0 Å². The Kier molecular flexibility index (Phi) is 3.81. The van der Waals surface area contributed by atoms with E-state index in [0.717, 1.165) is 24.2 Å². The summed E-state index contributed by atoms with van der Waals surface area (Å²) in [6, 6.07) is 3.09. The zero-order chi connectivity index (χ0) is 13.9. The van der Waals surface area contributed by atoms with Crippen LogP contribution in [0.2, 0.25) is 0 Å². The summed E-state index contributed by atoms with van der Waals surface area (Å²) in [6.07, 6.45) is 0. The average molecular weight is 280 g/mol. The third kappa shape index (κ3) is 2.74. The summed E-state index contributed by atoms with van der Waals surface area (Å²) in [5.41, 5.74) is 1.87. The van der Waals surface area contributed by atoms with Crippen molar-refractivity contribution in [2.75, 3.05) is 33.1 Å². The van der Waals surface area contributed by atoms with Crippen LogP contribution < -0.4 is 4.74 Å². The molecule has 0 bridgehead atoms. The van der Waals surface area contributed by atoms with E-state index >= 15 is 0 Å². The summed E-state index contributed by atoms with van der Waals surface area (Å²) in [5.74, 6) is 0.564. The minimum atomic E-state index is -0.387. The molecule has 2 heterocycles. The Bertz CT molecular complexity index is 514. The monoisotopic (exact) mass is 280 g/mol. The highest BCUT2D eigenvalue weighted by molar-refractivity contribution is 5.50. The molecule has 1 saturated heterocycles. The molecule has 1 aromatic carbocycles. The number of nitro benzene ring substituents is 1. The molecule has 2 aliphatic heterocycles. The molecule has 3 rings (SSSR count). The van der Waals surface area contributed by atoms with Gasteiger partial charge in [0.2, 0.25) is 0 Å². The third-order valence-corrected chi connectivity index (χ3v) is 3.54. The Balaban J connectivity index is 1.90. The van der Waals surface area contributed by atoms with Crippen molar-refractivity contribution >= 4 is 5.69 Å². The van der Waals surface area contributed by atoms with Crippen LogP contribution >= 0.6 is 0 Å². The fourth-order valence-electron chi connectivity index (χ4n) is 2.48. The van der Waals surface area contributed by atoms with Gasteiger partial charge in [-0.1, -0.05) is 0 Å². The van der Waals surface area contributed by atoms with Crippen LogP contribution in [0.5, 0.6) is 5.75 Å². The maximum absolute atomic E-state index is 11.0. The number of benzene rings is 1. The molecule has 0 aliphatic carbocycles. The highest BCUT2D eigenvalue weighted by Gasteiger charge is 2.22. The van der Waals surface area contributed by atoms with E-state index in [1.807, 2.05) is 0 Å². The lowest BCUT2D eigenvalue weighted by molar-refractivity contribution is -0.385. The third-order valence-electron chi connectivity index (χ3n) is 3.54. The summed E-state index contributed by atoms with van der Waals surface area (Å²) in [5, 5.41) is 11.0. The van der Waals surface area contributed by atoms with Gasteiger partial charge in [-0.3, -0.25) is 15.0 Å². The van der Waals surface area contributed by atoms with Crippen molar-refractivity contribution in [3.8, 4) is 5.75 Å². The molecule has 0 radical (unpaired) electrons. The normalized spacial score (nSPS) is 19.2. The predicted octanol–water partition coefficient (Wildman–Crippen LogP) is 1.29. The van der Waals surface area contributed by atoms with Crippen molar-refractivity contribution in [1.29, 1.82) is 0 Å². The molecule has 0 spiro atoms. The van der Waals surface area contributed by atoms with Gasteiger partial charge in [0.15, 0.2) is 6.79 Å². The van der Waals surface area contributed by atoms with E-state index in [1.54, 1.807) is 6.07 Å². The number of ether oxygens (including phenoxy) is 3. The second-order valence-corrected chi connectivity index (χ2v) is 4.84. The number of rotatable bonds is 3. The first-order valence-electron chi connectivity index (χ1n) is 6.55. The number of hydrogen-bond acceptors (Lipinski definition) is 6. The van der Waals surface area contributed by atoms with Crippen molar-refractivity contribution < 1.29 is 19.1 Å². The molecule has 7 nitrogen and oxygen atoms in total. The Labute approximate surface area is 116 Å². The van der Waals surface area contributed by atoms with E-state index in [9.17, 15) is 10.1 Å². The SMILES string of the molecule is O=[N+]([O-])c1cc(CN2CCOCC2)c2c(c1)OCOC2. The summed E-state index contributed by atoms with van der Waals surface area (Å²) in [6.45, 7) is 4.30.